The van der Waals surface area contributed by atoms with E-state index in [1.54, 1.807) is 21.3 Å². The molecule has 1 aromatic heterocycles. The van der Waals surface area contributed by atoms with Gasteiger partial charge in [-0.2, -0.15) is 0 Å². The maximum Gasteiger partial charge on any atom is 0.161 e. The first-order valence-electron chi connectivity index (χ1n) is 9.14. The van der Waals surface area contributed by atoms with E-state index in [9.17, 15) is 0 Å². The molecule has 0 radical (unpaired) electrons. The highest BCUT2D eigenvalue weighted by molar-refractivity contribution is 6.31. The summed E-state index contributed by atoms with van der Waals surface area (Å²) in [5.41, 5.74) is 3.76. The molecule has 0 saturated carbocycles. The summed E-state index contributed by atoms with van der Waals surface area (Å²) in [5.74, 6) is 2.18. The fraction of sp³-hybridized carbons (Fsp3) is 0.174. The summed E-state index contributed by atoms with van der Waals surface area (Å²) in [7, 11) is 4.92. The molecule has 0 aliphatic rings. The summed E-state index contributed by atoms with van der Waals surface area (Å²) in [4.78, 5) is 4.76. The van der Waals surface area contributed by atoms with Crippen molar-refractivity contribution in [3.63, 3.8) is 0 Å². The number of benzene rings is 3. The van der Waals surface area contributed by atoms with Crippen LogP contribution in [0.4, 0.5) is 5.69 Å². The third kappa shape index (κ3) is 3.74. The number of aromatic nitrogens is 1. The Morgan fingerprint density at radius 2 is 1.62 bits per heavy atom. The zero-order valence-corrected chi connectivity index (χ0v) is 17.2. The first-order valence-corrected chi connectivity index (χ1v) is 9.52. The van der Waals surface area contributed by atoms with Crippen LogP contribution in [-0.2, 0) is 6.54 Å². The molecule has 0 bridgehead atoms. The molecule has 5 nitrogen and oxygen atoms in total. The van der Waals surface area contributed by atoms with E-state index in [0.717, 1.165) is 38.8 Å². The molecular formula is C23H21ClN2O3. The Hall–Kier alpha value is -3.18. The molecule has 4 aromatic rings. The SMILES string of the molecule is COc1ccc2nc3cc(Cl)ccc3c(NCc3ccc(OC)c(OC)c3)c2c1. The van der Waals surface area contributed by atoms with Crippen LogP contribution in [0.5, 0.6) is 17.2 Å². The van der Waals surface area contributed by atoms with E-state index in [1.807, 2.05) is 54.6 Å². The number of rotatable bonds is 6. The smallest absolute Gasteiger partial charge is 0.161 e. The lowest BCUT2D eigenvalue weighted by Gasteiger charge is -2.15. The van der Waals surface area contributed by atoms with Crippen LogP contribution in [-0.4, -0.2) is 26.3 Å². The minimum atomic E-state index is 0.606. The van der Waals surface area contributed by atoms with Gasteiger partial charge in [-0.15, -0.1) is 0 Å². The molecule has 0 fully saturated rings. The van der Waals surface area contributed by atoms with Gasteiger partial charge in [0.05, 0.1) is 38.1 Å². The Labute approximate surface area is 174 Å². The normalized spacial score (nSPS) is 10.9. The summed E-state index contributed by atoms with van der Waals surface area (Å²) < 4.78 is 16.2. The minimum absolute atomic E-state index is 0.606. The summed E-state index contributed by atoms with van der Waals surface area (Å²) >= 11 is 6.20. The minimum Gasteiger partial charge on any atom is -0.497 e. The van der Waals surface area contributed by atoms with E-state index in [2.05, 4.69) is 5.32 Å². The van der Waals surface area contributed by atoms with Crippen LogP contribution < -0.4 is 19.5 Å². The fourth-order valence-electron chi connectivity index (χ4n) is 3.39. The molecule has 0 saturated heterocycles. The van der Waals surface area contributed by atoms with Gasteiger partial charge in [-0.3, -0.25) is 0 Å². The molecule has 1 heterocycles. The number of pyridine rings is 1. The quantitative estimate of drug-likeness (QED) is 0.416. The van der Waals surface area contributed by atoms with E-state index in [4.69, 9.17) is 30.8 Å². The zero-order valence-electron chi connectivity index (χ0n) is 16.5. The maximum absolute atomic E-state index is 6.20. The van der Waals surface area contributed by atoms with Crippen LogP contribution in [0.1, 0.15) is 5.56 Å². The lowest BCUT2D eigenvalue weighted by Crippen LogP contribution is -2.03. The van der Waals surface area contributed by atoms with Gasteiger partial charge in [0.15, 0.2) is 11.5 Å². The van der Waals surface area contributed by atoms with Crippen molar-refractivity contribution in [2.75, 3.05) is 26.6 Å². The van der Waals surface area contributed by atoms with Crippen LogP contribution in [0.15, 0.2) is 54.6 Å². The largest absolute Gasteiger partial charge is 0.497 e. The highest BCUT2D eigenvalue weighted by Gasteiger charge is 2.12. The molecule has 0 spiro atoms. The lowest BCUT2D eigenvalue weighted by molar-refractivity contribution is 0.354. The number of nitrogens with one attached hydrogen (secondary N) is 1. The van der Waals surface area contributed by atoms with E-state index in [1.165, 1.54) is 0 Å². The van der Waals surface area contributed by atoms with Gasteiger partial charge in [0, 0.05) is 22.3 Å². The third-order valence-electron chi connectivity index (χ3n) is 4.86. The second kappa shape index (κ2) is 8.05. The van der Waals surface area contributed by atoms with Crippen LogP contribution in [0, 0.1) is 0 Å². The molecule has 0 unspecified atom stereocenters. The van der Waals surface area contributed by atoms with Crippen molar-refractivity contribution in [1.29, 1.82) is 0 Å². The molecule has 1 N–H and O–H groups in total. The Balaban J connectivity index is 1.80. The lowest BCUT2D eigenvalue weighted by atomic mass is 10.1. The Bertz CT molecular complexity index is 1190. The molecule has 0 aliphatic heterocycles. The Morgan fingerprint density at radius 1 is 0.793 bits per heavy atom. The predicted molar refractivity (Wildman–Crippen MR) is 118 cm³/mol. The maximum atomic E-state index is 6.20. The van der Waals surface area contributed by atoms with Crippen molar-refractivity contribution in [3.8, 4) is 17.2 Å². The Morgan fingerprint density at radius 3 is 2.38 bits per heavy atom. The number of anilines is 1. The van der Waals surface area contributed by atoms with Crippen LogP contribution >= 0.6 is 11.6 Å². The first-order chi connectivity index (χ1) is 14.1. The van der Waals surface area contributed by atoms with E-state index in [-0.39, 0.29) is 0 Å². The highest BCUT2D eigenvalue weighted by atomic mass is 35.5. The first kappa shape index (κ1) is 19.2. The fourth-order valence-corrected chi connectivity index (χ4v) is 3.56. The Kier molecular flexibility index (Phi) is 5.32. The molecule has 4 rings (SSSR count). The van der Waals surface area contributed by atoms with E-state index in [0.29, 0.717) is 23.1 Å². The van der Waals surface area contributed by atoms with Crippen molar-refractivity contribution in [1.82, 2.24) is 4.98 Å². The van der Waals surface area contributed by atoms with E-state index < -0.39 is 0 Å². The summed E-state index contributed by atoms with van der Waals surface area (Å²) in [6.07, 6.45) is 0. The van der Waals surface area contributed by atoms with Gasteiger partial charge < -0.3 is 19.5 Å². The van der Waals surface area contributed by atoms with Crippen molar-refractivity contribution in [2.24, 2.45) is 0 Å². The van der Waals surface area contributed by atoms with Crippen LogP contribution in [0.2, 0.25) is 5.02 Å². The second-order valence-corrected chi connectivity index (χ2v) is 7.01. The van der Waals surface area contributed by atoms with Gasteiger partial charge in [-0.25, -0.2) is 4.98 Å². The predicted octanol–water partition coefficient (Wildman–Crippen LogP) is 5.68. The average Bonchev–Trinajstić information content (AvgIpc) is 2.75. The van der Waals surface area contributed by atoms with Gasteiger partial charge >= 0.3 is 0 Å². The number of fused-ring (bicyclic) bond motifs is 2. The van der Waals surface area contributed by atoms with Gasteiger partial charge in [-0.1, -0.05) is 17.7 Å². The number of hydrogen-bond acceptors (Lipinski definition) is 5. The summed E-state index contributed by atoms with van der Waals surface area (Å²) in [5, 5.41) is 6.21. The van der Waals surface area contributed by atoms with Gasteiger partial charge in [0.1, 0.15) is 5.75 Å². The van der Waals surface area contributed by atoms with Crippen molar-refractivity contribution >= 4 is 39.1 Å². The second-order valence-electron chi connectivity index (χ2n) is 6.57. The molecule has 0 aliphatic carbocycles. The molecule has 0 atom stereocenters. The van der Waals surface area contributed by atoms with Crippen LogP contribution in [0.3, 0.4) is 0 Å². The molecule has 6 heteroatoms. The van der Waals surface area contributed by atoms with Crippen LogP contribution in [0.25, 0.3) is 21.8 Å². The van der Waals surface area contributed by atoms with Crippen molar-refractivity contribution < 1.29 is 14.2 Å². The summed E-state index contributed by atoms with van der Waals surface area (Å²) in [6.45, 7) is 0.606. The van der Waals surface area contributed by atoms with Gasteiger partial charge in [-0.05, 0) is 54.1 Å². The topological polar surface area (TPSA) is 52.6 Å². The zero-order chi connectivity index (χ0) is 20.4. The van der Waals surface area contributed by atoms with Gasteiger partial charge in [0.25, 0.3) is 0 Å². The van der Waals surface area contributed by atoms with Gasteiger partial charge in [0.2, 0.25) is 0 Å². The molecule has 0 amide bonds. The number of ether oxygens (including phenoxy) is 3. The molecular weight excluding hydrogens is 388 g/mol. The third-order valence-corrected chi connectivity index (χ3v) is 5.10. The monoisotopic (exact) mass is 408 g/mol. The highest BCUT2D eigenvalue weighted by Crippen LogP contribution is 2.35. The molecule has 29 heavy (non-hydrogen) atoms. The number of nitrogens with zero attached hydrogens (tertiary/aromatic N) is 1. The number of methoxy groups -OCH3 is 3. The number of hydrogen-bond donors (Lipinski definition) is 1. The van der Waals surface area contributed by atoms with Crippen molar-refractivity contribution in [2.45, 2.75) is 6.54 Å². The summed E-state index contributed by atoms with van der Waals surface area (Å²) in [6, 6.07) is 17.5. The number of halogens is 1. The van der Waals surface area contributed by atoms with Crippen molar-refractivity contribution in [3.05, 3.63) is 65.2 Å². The standard InChI is InChI=1S/C23H21ClN2O3/c1-27-16-6-8-19-18(12-16)23(17-7-5-15(24)11-20(17)26-19)25-13-14-4-9-21(28-2)22(10-14)29-3/h4-12H,13H2,1-3H3,(H,25,26). The molecule has 3 aromatic carbocycles. The molecule has 148 valence electrons. The van der Waals surface area contributed by atoms with E-state index >= 15 is 0 Å². The average molecular weight is 409 g/mol.